The van der Waals surface area contributed by atoms with Crippen LogP contribution in [0.4, 0.5) is 5.69 Å². The second-order valence-electron chi connectivity index (χ2n) is 8.53. The number of para-hydroxylation sites is 4. The van der Waals surface area contributed by atoms with Crippen LogP contribution in [0, 0.1) is 0 Å². The molecule has 3 aromatic carbocycles. The maximum atomic E-state index is 6.18. The number of unbranched alkanes of at least 4 members (excludes halogenated alkanes) is 1. The fourth-order valence-electron chi connectivity index (χ4n) is 4.62. The second kappa shape index (κ2) is 9.92. The monoisotopic (exact) mass is 425 g/mol. The number of nitrogens with zero attached hydrogens (tertiary/aromatic N) is 2. The summed E-state index contributed by atoms with van der Waals surface area (Å²) in [4.78, 5) is 8.46. The molecule has 0 saturated carbocycles. The fraction of sp³-hybridized carbons (Fsp3) is 0.286. The summed E-state index contributed by atoms with van der Waals surface area (Å²) in [5.41, 5.74) is 3.88. The molecule has 1 aliphatic heterocycles. The topological polar surface area (TPSA) is 31.5 Å². The van der Waals surface area contributed by atoms with Crippen LogP contribution in [0.5, 0.6) is 11.5 Å². The van der Waals surface area contributed by atoms with Crippen LogP contribution in [0.25, 0.3) is 10.9 Å². The predicted octanol–water partition coefficient (Wildman–Crippen LogP) is 6.11. The number of anilines is 1. The molecule has 0 amide bonds. The van der Waals surface area contributed by atoms with Gasteiger partial charge in [-0.05, 0) is 61.7 Å². The molecule has 4 aromatic rings. The Balaban J connectivity index is 1.10. The van der Waals surface area contributed by atoms with Crippen molar-refractivity contribution in [3.05, 3.63) is 90.6 Å². The van der Waals surface area contributed by atoms with E-state index in [4.69, 9.17) is 4.74 Å². The van der Waals surface area contributed by atoms with E-state index in [2.05, 4.69) is 63.4 Å². The van der Waals surface area contributed by atoms with E-state index in [1.54, 1.807) is 0 Å². The quantitative estimate of drug-likeness (QED) is 0.346. The summed E-state index contributed by atoms with van der Waals surface area (Å²) in [7, 11) is 0. The SMILES string of the molecule is c1ccc(Oc2ccccc2N2CCN(CCCCc3c[nH]c4ccccc34)CC2)cc1. The lowest BCUT2D eigenvalue weighted by molar-refractivity contribution is 0.252. The third-order valence-corrected chi connectivity index (χ3v) is 6.39. The zero-order valence-electron chi connectivity index (χ0n) is 18.5. The molecule has 0 spiro atoms. The molecule has 32 heavy (non-hydrogen) atoms. The highest BCUT2D eigenvalue weighted by molar-refractivity contribution is 5.83. The van der Waals surface area contributed by atoms with Crippen molar-refractivity contribution in [1.82, 2.24) is 9.88 Å². The number of aromatic nitrogens is 1. The summed E-state index contributed by atoms with van der Waals surface area (Å²) in [5.74, 6) is 1.82. The van der Waals surface area contributed by atoms with Gasteiger partial charge in [-0.1, -0.05) is 48.5 Å². The minimum atomic E-state index is 0.883. The van der Waals surface area contributed by atoms with E-state index in [0.29, 0.717) is 0 Å². The molecule has 1 aromatic heterocycles. The smallest absolute Gasteiger partial charge is 0.150 e. The van der Waals surface area contributed by atoms with Crippen LogP contribution in [-0.2, 0) is 6.42 Å². The molecular formula is C28H31N3O. The van der Waals surface area contributed by atoms with Crippen molar-refractivity contribution in [3.63, 3.8) is 0 Å². The maximum Gasteiger partial charge on any atom is 0.150 e. The molecule has 2 heterocycles. The summed E-state index contributed by atoms with van der Waals surface area (Å²) >= 11 is 0. The molecule has 4 nitrogen and oxygen atoms in total. The van der Waals surface area contributed by atoms with E-state index < -0.39 is 0 Å². The molecule has 1 fully saturated rings. The van der Waals surface area contributed by atoms with E-state index in [1.165, 1.54) is 41.5 Å². The number of H-pyrrole nitrogens is 1. The van der Waals surface area contributed by atoms with Gasteiger partial charge < -0.3 is 14.6 Å². The molecule has 0 aliphatic carbocycles. The number of ether oxygens (including phenoxy) is 1. The number of aromatic amines is 1. The Bertz CT molecular complexity index is 1130. The maximum absolute atomic E-state index is 6.18. The number of hydrogen-bond donors (Lipinski definition) is 1. The highest BCUT2D eigenvalue weighted by Crippen LogP contribution is 2.32. The van der Waals surface area contributed by atoms with Crippen molar-refractivity contribution in [2.75, 3.05) is 37.6 Å². The molecular weight excluding hydrogens is 394 g/mol. The third-order valence-electron chi connectivity index (χ3n) is 6.39. The molecule has 164 valence electrons. The van der Waals surface area contributed by atoms with Gasteiger partial charge in [0.25, 0.3) is 0 Å². The van der Waals surface area contributed by atoms with Crippen LogP contribution in [0.1, 0.15) is 18.4 Å². The number of nitrogens with one attached hydrogen (secondary N) is 1. The van der Waals surface area contributed by atoms with Crippen LogP contribution in [0.2, 0.25) is 0 Å². The Labute approximate surface area is 190 Å². The normalized spacial score (nSPS) is 14.7. The summed E-state index contributed by atoms with van der Waals surface area (Å²) in [5, 5.41) is 1.37. The van der Waals surface area contributed by atoms with Crippen molar-refractivity contribution in [1.29, 1.82) is 0 Å². The summed E-state index contributed by atoms with van der Waals surface area (Å²) in [6.07, 6.45) is 5.80. The lowest BCUT2D eigenvalue weighted by Gasteiger charge is -2.36. The Kier molecular flexibility index (Phi) is 6.40. The summed E-state index contributed by atoms with van der Waals surface area (Å²) < 4.78 is 6.18. The first-order chi connectivity index (χ1) is 15.9. The Morgan fingerprint density at radius 1 is 0.750 bits per heavy atom. The number of piperazine rings is 1. The molecule has 0 bridgehead atoms. The summed E-state index contributed by atoms with van der Waals surface area (Å²) in [6.45, 7) is 5.47. The van der Waals surface area contributed by atoms with Crippen molar-refractivity contribution >= 4 is 16.6 Å². The largest absolute Gasteiger partial charge is 0.455 e. The Morgan fingerprint density at radius 2 is 1.50 bits per heavy atom. The van der Waals surface area contributed by atoms with Gasteiger partial charge in [0.05, 0.1) is 5.69 Å². The molecule has 0 unspecified atom stereocenters. The zero-order valence-corrected chi connectivity index (χ0v) is 18.5. The van der Waals surface area contributed by atoms with Crippen LogP contribution in [0.15, 0.2) is 85.1 Å². The highest BCUT2D eigenvalue weighted by Gasteiger charge is 2.19. The molecule has 1 N–H and O–H groups in total. The Hall–Kier alpha value is -3.24. The number of rotatable bonds is 8. The van der Waals surface area contributed by atoms with E-state index in [1.807, 2.05) is 36.4 Å². The molecule has 0 atom stereocenters. The lowest BCUT2D eigenvalue weighted by Crippen LogP contribution is -2.46. The fourth-order valence-corrected chi connectivity index (χ4v) is 4.62. The predicted molar refractivity (Wildman–Crippen MR) is 133 cm³/mol. The van der Waals surface area contributed by atoms with Gasteiger partial charge in [-0.2, -0.15) is 0 Å². The van der Waals surface area contributed by atoms with Crippen molar-refractivity contribution < 1.29 is 4.74 Å². The minimum Gasteiger partial charge on any atom is -0.455 e. The second-order valence-corrected chi connectivity index (χ2v) is 8.53. The van der Waals surface area contributed by atoms with Crippen LogP contribution < -0.4 is 9.64 Å². The van der Waals surface area contributed by atoms with Gasteiger partial charge in [0.2, 0.25) is 0 Å². The van der Waals surface area contributed by atoms with Gasteiger partial charge in [0, 0.05) is 43.3 Å². The van der Waals surface area contributed by atoms with Crippen molar-refractivity contribution in [2.24, 2.45) is 0 Å². The molecule has 0 radical (unpaired) electrons. The van der Waals surface area contributed by atoms with Gasteiger partial charge in [0.15, 0.2) is 5.75 Å². The molecule has 4 heteroatoms. The average molecular weight is 426 g/mol. The molecule has 5 rings (SSSR count). The molecule has 1 aliphatic rings. The zero-order chi connectivity index (χ0) is 21.6. The van der Waals surface area contributed by atoms with E-state index in [9.17, 15) is 0 Å². The van der Waals surface area contributed by atoms with Gasteiger partial charge in [-0.15, -0.1) is 0 Å². The number of fused-ring (bicyclic) bond motifs is 1. The van der Waals surface area contributed by atoms with Crippen molar-refractivity contribution in [3.8, 4) is 11.5 Å². The first kappa shape index (κ1) is 20.7. The minimum absolute atomic E-state index is 0.883. The van der Waals surface area contributed by atoms with Gasteiger partial charge >= 0.3 is 0 Å². The van der Waals surface area contributed by atoms with Gasteiger partial charge in [-0.25, -0.2) is 0 Å². The highest BCUT2D eigenvalue weighted by atomic mass is 16.5. The van der Waals surface area contributed by atoms with E-state index in [-0.39, 0.29) is 0 Å². The van der Waals surface area contributed by atoms with E-state index >= 15 is 0 Å². The van der Waals surface area contributed by atoms with Gasteiger partial charge in [-0.3, -0.25) is 4.90 Å². The average Bonchev–Trinajstić information content (AvgIpc) is 3.26. The first-order valence-electron chi connectivity index (χ1n) is 11.7. The lowest BCUT2D eigenvalue weighted by atomic mass is 10.1. The number of hydrogen-bond acceptors (Lipinski definition) is 3. The third kappa shape index (κ3) is 4.81. The van der Waals surface area contributed by atoms with Gasteiger partial charge in [0.1, 0.15) is 5.75 Å². The standard InChI is InChI=1S/C28H31N3O/c1-2-11-24(12-3-1)32-28-16-7-6-15-27(28)31-20-18-30(19-21-31)17-9-8-10-23-22-29-26-14-5-4-13-25(23)26/h1-7,11-16,22,29H,8-10,17-21H2. The van der Waals surface area contributed by atoms with Crippen LogP contribution >= 0.6 is 0 Å². The van der Waals surface area contributed by atoms with Crippen LogP contribution in [0.3, 0.4) is 0 Å². The Morgan fingerprint density at radius 3 is 2.38 bits per heavy atom. The van der Waals surface area contributed by atoms with Crippen LogP contribution in [-0.4, -0.2) is 42.6 Å². The summed E-state index contributed by atoms with van der Waals surface area (Å²) in [6, 6.07) is 27.0. The first-order valence-corrected chi connectivity index (χ1v) is 11.7. The molecule has 1 saturated heterocycles. The van der Waals surface area contributed by atoms with Crippen molar-refractivity contribution in [2.45, 2.75) is 19.3 Å². The number of benzene rings is 3. The number of aryl methyl sites for hydroxylation is 1. The van der Waals surface area contributed by atoms with E-state index in [0.717, 1.165) is 44.1 Å².